The van der Waals surface area contributed by atoms with Gasteiger partial charge in [-0.3, -0.25) is 9.80 Å². The van der Waals surface area contributed by atoms with Gasteiger partial charge < -0.3 is 5.11 Å². The molecule has 2 fully saturated rings. The number of nitrogens with zero attached hydrogens (tertiary/aromatic N) is 2. The average Bonchev–Trinajstić information content (AvgIpc) is 2.82. The number of hydrogen-bond acceptors (Lipinski definition) is 3. The molecule has 2 saturated heterocycles. The van der Waals surface area contributed by atoms with Crippen molar-refractivity contribution >= 4 is 0 Å². The number of hydrogen-bond donors (Lipinski definition) is 1. The summed E-state index contributed by atoms with van der Waals surface area (Å²) in [7, 11) is 0. The number of rotatable bonds is 4. The van der Waals surface area contributed by atoms with Gasteiger partial charge in [-0.25, -0.2) is 0 Å². The SMILES string of the molecule is CC(C)(C)N1[C@@H]2CC[C@H]1[C@@H](CCO)N(Cc1ccccc1)C2. The van der Waals surface area contributed by atoms with Crippen LogP contribution >= 0.6 is 0 Å². The first-order chi connectivity index (χ1) is 10.5. The molecule has 3 heteroatoms. The fraction of sp³-hybridized carbons (Fsp3) is 0.684. The third-order valence-electron chi connectivity index (χ3n) is 5.33. The van der Waals surface area contributed by atoms with Crippen LogP contribution in [-0.2, 0) is 6.54 Å². The van der Waals surface area contributed by atoms with Gasteiger partial charge in [-0.1, -0.05) is 30.3 Å². The van der Waals surface area contributed by atoms with Crippen molar-refractivity contribution < 1.29 is 5.11 Å². The molecule has 2 heterocycles. The van der Waals surface area contributed by atoms with Crippen molar-refractivity contribution in [3.63, 3.8) is 0 Å². The maximum Gasteiger partial charge on any atom is 0.0446 e. The van der Waals surface area contributed by atoms with Gasteiger partial charge in [-0.2, -0.15) is 0 Å². The van der Waals surface area contributed by atoms with Crippen molar-refractivity contribution in [2.24, 2.45) is 0 Å². The first kappa shape index (κ1) is 16.0. The Kier molecular flexibility index (Phi) is 4.58. The Morgan fingerprint density at radius 1 is 1.14 bits per heavy atom. The summed E-state index contributed by atoms with van der Waals surface area (Å²) in [6.07, 6.45) is 3.46. The predicted octanol–water partition coefficient (Wildman–Crippen LogP) is 2.88. The molecule has 0 aromatic heterocycles. The number of likely N-dealkylation sites (tertiary alicyclic amines) is 1. The zero-order valence-electron chi connectivity index (χ0n) is 14.2. The summed E-state index contributed by atoms with van der Waals surface area (Å²) in [5.41, 5.74) is 1.60. The van der Waals surface area contributed by atoms with Gasteiger partial charge in [0.2, 0.25) is 0 Å². The average molecular weight is 302 g/mol. The largest absolute Gasteiger partial charge is 0.396 e. The summed E-state index contributed by atoms with van der Waals surface area (Å²) in [6.45, 7) is 9.43. The third-order valence-corrected chi connectivity index (χ3v) is 5.33. The van der Waals surface area contributed by atoms with Gasteiger partial charge in [0.05, 0.1) is 0 Å². The minimum Gasteiger partial charge on any atom is -0.396 e. The van der Waals surface area contributed by atoms with E-state index in [0.717, 1.165) is 19.5 Å². The Bertz CT molecular complexity index is 482. The molecule has 0 saturated carbocycles. The van der Waals surface area contributed by atoms with E-state index in [2.05, 4.69) is 60.9 Å². The molecular weight excluding hydrogens is 272 g/mol. The summed E-state index contributed by atoms with van der Waals surface area (Å²) in [6, 6.07) is 12.5. The van der Waals surface area contributed by atoms with Crippen molar-refractivity contribution in [2.45, 2.75) is 70.2 Å². The maximum absolute atomic E-state index is 9.57. The van der Waals surface area contributed by atoms with Crippen LogP contribution in [0.5, 0.6) is 0 Å². The van der Waals surface area contributed by atoms with E-state index in [-0.39, 0.29) is 12.1 Å². The number of aliphatic hydroxyl groups is 1. The number of benzene rings is 1. The Balaban J connectivity index is 1.81. The standard InChI is InChI=1S/C19H30N2O/c1-19(2,3)21-16-9-10-18(21)17(11-12-22)20(14-16)13-15-7-5-4-6-8-15/h4-8,16-18,22H,9-14H2,1-3H3/t16-,17-,18+/m1/s1. The van der Waals surface area contributed by atoms with Crippen molar-refractivity contribution in [1.82, 2.24) is 9.80 Å². The van der Waals surface area contributed by atoms with Gasteiger partial charge in [0.25, 0.3) is 0 Å². The number of aliphatic hydroxyl groups excluding tert-OH is 1. The molecule has 3 atom stereocenters. The van der Waals surface area contributed by atoms with Gasteiger partial charge in [-0.05, 0) is 45.6 Å². The van der Waals surface area contributed by atoms with Crippen LogP contribution in [0.4, 0.5) is 0 Å². The van der Waals surface area contributed by atoms with E-state index in [9.17, 15) is 5.11 Å². The van der Waals surface area contributed by atoms with E-state index in [1.165, 1.54) is 18.4 Å². The third kappa shape index (κ3) is 3.08. The normalized spacial score (nSPS) is 29.9. The van der Waals surface area contributed by atoms with E-state index in [1.807, 2.05) is 0 Å². The van der Waals surface area contributed by atoms with Gasteiger partial charge in [-0.15, -0.1) is 0 Å². The Labute approximate surface area is 134 Å². The van der Waals surface area contributed by atoms with Crippen LogP contribution in [0.2, 0.25) is 0 Å². The van der Waals surface area contributed by atoms with E-state index in [0.29, 0.717) is 18.1 Å². The lowest BCUT2D eigenvalue weighted by Crippen LogP contribution is -2.64. The molecule has 0 spiro atoms. The molecule has 3 nitrogen and oxygen atoms in total. The Morgan fingerprint density at radius 3 is 2.50 bits per heavy atom. The zero-order valence-corrected chi connectivity index (χ0v) is 14.2. The summed E-state index contributed by atoms with van der Waals surface area (Å²) in [4.78, 5) is 5.35. The summed E-state index contributed by atoms with van der Waals surface area (Å²) >= 11 is 0. The van der Waals surface area contributed by atoms with E-state index in [4.69, 9.17) is 0 Å². The quantitative estimate of drug-likeness (QED) is 0.926. The first-order valence-electron chi connectivity index (χ1n) is 8.68. The number of piperazine rings is 1. The zero-order chi connectivity index (χ0) is 15.7. The fourth-order valence-corrected chi connectivity index (χ4v) is 4.67. The molecule has 0 amide bonds. The predicted molar refractivity (Wildman–Crippen MR) is 90.7 cm³/mol. The highest BCUT2D eigenvalue weighted by atomic mass is 16.3. The molecule has 2 aliphatic heterocycles. The van der Waals surface area contributed by atoms with Gasteiger partial charge in [0.1, 0.15) is 0 Å². The van der Waals surface area contributed by atoms with Crippen LogP contribution in [0.15, 0.2) is 30.3 Å². The first-order valence-corrected chi connectivity index (χ1v) is 8.68. The molecule has 1 aromatic carbocycles. The minimum absolute atomic E-state index is 0.221. The Morgan fingerprint density at radius 2 is 1.86 bits per heavy atom. The highest BCUT2D eigenvalue weighted by Crippen LogP contribution is 2.40. The highest BCUT2D eigenvalue weighted by Gasteiger charge is 2.49. The Hall–Kier alpha value is -0.900. The molecule has 0 unspecified atom stereocenters. The van der Waals surface area contributed by atoms with Gasteiger partial charge >= 0.3 is 0 Å². The topological polar surface area (TPSA) is 26.7 Å². The van der Waals surface area contributed by atoms with E-state index < -0.39 is 0 Å². The highest BCUT2D eigenvalue weighted by molar-refractivity contribution is 5.16. The maximum atomic E-state index is 9.57. The molecule has 22 heavy (non-hydrogen) atoms. The van der Waals surface area contributed by atoms with Crippen LogP contribution in [-0.4, -0.2) is 51.7 Å². The molecule has 0 radical (unpaired) electrons. The molecule has 122 valence electrons. The van der Waals surface area contributed by atoms with Crippen LogP contribution < -0.4 is 0 Å². The lowest BCUT2D eigenvalue weighted by Gasteiger charge is -2.52. The van der Waals surface area contributed by atoms with Crippen molar-refractivity contribution in [3.05, 3.63) is 35.9 Å². The van der Waals surface area contributed by atoms with Crippen molar-refractivity contribution in [1.29, 1.82) is 0 Å². The van der Waals surface area contributed by atoms with E-state index in [1.54, 1.807) is 0 Å². The molecule has 1 N–H and O–H groups in total. The molecule has 3 rings (SSSR count). The van der Waals surface area contributed by atoms with Crippen LogP contribution in [0.25, 0.3) is 0 Å². The molecule has 0 aliphatic carbocycles. The van der Waals surface area contributed by atoms with Gasteiger partial charge in [0, 0.05) is 43.4 Å². The van der Waals surface area contributed by atoms with Crippen LogP contribution in [0, 0.1) is 0 Å². The molecule has 2 aliphatic rings. The fourth-order valence-electron chi connectivity index (χ4n) is 4.67. The summed E-state index contributed by atoms with van der Waals surface area (Å²) in [5.74, 6) is 0. The second kappa shape index (κ2) is 6.31. The second-order valence-electron chi connectivity index (χ2n) is 7.87. The lowest BCUT2D eigenvalue weighted by atomic mass is 9.93. The molecular formula is C19H30N2O. The van der Waals surface area contributed by atoms with Crippen molar-refractivity contribution in [3.8, 4) is 0 Å². The minimum atomic E-state index is 0.221. The monoisotopic (exact) mass is 302 g/mol. The summed E-state index contributed by atoms with van der Waals surface area (Å²) in [5, 5.41) is 9.57. The van der Waals surface area contributed by atoms with E-state index >= 15 is 0 Å². The number of fused-ring (bicyclic) bond motifs is 2. The molecule has 2 bridgehead atoms. The second-order valence-corrected chi connectivity index (χ2v) is 7.87. The molecule has 1 aromatic rings. The van der Waals surface area contributed by atoms with Crippen molar-refractivity contribution in [2.75, 3.05) is 13.2 Å². The van der Waals surface area contributed by atoms with Crippen LogP contribution in [0.3, 0.4) is 0 Å². The smallest absolute Gasteiger partial charge is 0.0446 e. The lowest BCUT2D eigenvalue weighted by molar-refractivity contribution is -0.0447. The summed E-state index contributed by atoms with van der Waals surface area (Å²) < 4.78 is 0. The van der Waals surface area contributed by atoms with Crippen LogP contribution in [0.1, 0.15) is 45.6 Å². The van der Waals surface area contributed by atoms with Gasteiger partial charge in [0.15, 0.2) is 0 Å².